The summed E-state index contributed by atoms with van der Waals surface area (Å²) in [6.45, 7) is 1.55. The van der Waals surface area contributed by atoms with Crippen LogP contribution in [-0.2, 0) is 11.8 Å². The monoisotopic (exact) mass is 181 g/mol. The van der Waals surface area contributed by atoms with E-state index in [0.29, 0.717) is 5.56 Å². The molecule has 13 heavy (non-hydrogen) atoms. The van der Waals surface area contributed by atoms with Crippen LogP contribution in [0.15, 0.2) is 23.1 Å². The molecule has 1 unspecified atom stereocenters. The molecule has 0 aliphatic heterocycles. The molecule has 70 valence electrons. The molecule has 1 rings (SSSR count). The highest BCUT2D eigenvalue weighted by atomic mass is 16.4. The third-order valence-electron chi connectivity index (χ3n) is 2.00. The fourth-order valence-corrected chi connectivity index (χ4v) is 0.976. The van der Waals surface area contributed by atoms with Gasteiger partial charge in [0, 0.05) is 19.3 Å². The Morgan fingerprint density at radius 3 is 2.69 bits per heavy atom. The molecule has 0 spiro atoms. The van der Waals surface area contributed by atoms with Crippen molar-refractivity contribution >= 4 is 5.97 Å². The van der Waals surface area contributed by atoms with Gasteiger partial charge in [-0.2, -0.15) is 0 Å². The van der Waals surface area contributed by atoms with E-state index in [-0.39, 0.29) is 5.56 Å². The highest BCUT2D eigenvalue weighted by Gasteiger charge is 2.13. The molecular formula is C9H11NO3. The fourth-order valence-electron chi connectivity index (χ4n) is 0.976. The van der Waals surface area contributed by atoms with Gasteiger partial charge in [-0.05, 0) is 18.6 Å². The number of hydrogen-bond acceptors (Lipinski definition) is 2. The van der Waals surface area contributed by atoms with E-state index >= 15 is 0 Å². The lowest BCUT2D eigenvalue weighted by Gasteiger charge is -2.06. The average Bonchev–Trinajstić information content (AvgIpc) is 2.08. The molecule has 0 fully saturated rings. The summed E-state index contributed by atoms with van der Waals surface area (Å²) in [5.74, 6) is -1.55. The van der Waals surface area contributed by atoms with E-state index in [0.717, 1.165) is 0 Å². The van der Waals surface area contributed by atoms with Gasteiger partial charge in [-0.25, -0.2) is 0 Å². The molecule has 0 aromatic carbocycles. The molecule has 0 aliphatic rings. The maximum Gasteiger partial charge on any atom is 0.310 e. The Bertz CT molecular complexity index is 381. The smallest absolute Gasteiger partial charge is 0.310 e. The average molecular weight is 181 g/mol. The molecule has 1 N–H and O–H groups in total. The van der Waals surface area contributed by atoms with Crippen molar-refractivity contribution in [3.63, 3.8) is 0 Å². The predicted molar refractivity (Wildman–Crippen MR) is 47.7 cm³/mol. The minimum Gasteiger partial charge on any atom is -0.481 e. The second-order valence-electron chi connectivity index (χ2n) is 2.97. The number of carboxylic acid groups (broad SMARTS) is 1. The maximum absolute atomic E-state index is 11.1. The number of rotatable bonds is 2. The van der Waals surface area contributed by atoms with Gasteiger partial charge in [-0.1, -0.05) is 0 Å². The summed E-state index contributed by atoms with van der Waals surface area (Å²) in [7, 11) is 1.62. The van der Waals surface area contributed by atoms with E-state index in [4.69, 9.17) is 5.11 Å². The van der Waals surface area contributed by atoms with Crippen LogP contribution in [0, 0.1) is 0 Å². The zero-order valence-electron chi connectivity index (χ0n) is 7.52. The van der Waals surface area contributed by atoms with Crippen LogP contribution in [0.2, 0.25) is 0 Å². The van der Waals surface area contributed by atoms with Crippen molar-refractivity contribution in [1.82, 2.24) is 4.57 Å². The van der Waals surface area contributed by atoms with Crippen LogP contribution in [0.4, 0.5) is 0 Å². The van der Waals surface area contributed by atoms with Crippen LogP contribution >= 0.6 is 0 Å². The second kappa shape index (κ2) is 3.43. The van der Waals surface area contributed by atoms with Gasteiger partial charge in [0.15, 0.2) is 0 Å². The molecule has 1 heterocycles. The van der Waals surface area contributed by atoms with Crippen LogP contribution in [0.1, 0.15) is 18.4 Å². The number of carboxylic acids is 1. The van der Waals surface area contributed by atoms with Gasteiger partial charge >= 0.3 is 5.97 Å². The lowest BCUT2D eigenvalue weighted by Crippen LogP contribution is -2.17. The van der Waals surface area contributed by atoms with Crippen molar-refractivity contribution in [2.45, 2.75) is 12.8 Å². The minimum absolute atomic E-state index is 0.189. The summed E-state index contributed by atoms with van der Waals surface area (Å²) in [6.07, 6.45) is 1.57. The molecule has 1 atom stereocenters. The van der Waals surface area contributed by atoms with Gasteiger partial charge in [0.1, 0.15) is 0 Å². The maximum atomic E-state index is 11.1. The van der Waals surface area contributed by atoms with Crippen LogP contribution in [-0.4, -0.2) is 15.6 Å². The molecule has 0 saturated carbocycles. The summed E-state index contributed by atoms with van der Waals surface area (Å²) in [4.78, 5) is 21.7. The molecule has 1 aromatic heterocycles. The number of aryl methyl sites for hydroxylation is 1. The summed E-state index contributed by atoms with van der Waals surface area (Å²) in [5, 5.41) is 8.69. The van der Waals surface area contributed by atoms with Gasteiger partial charge in [-0.15, -0.1) is 0 Å². The lowest BCUT2D eigenvalue weighted by molar-refractivity contribution is -0.138. The molecule has 4 nitrogen and oxygen atoms in total. The largest absolute Gasteiger partial charge is 0.481 e. The van der Waals surface area contributed by atoms with Crippen molar-refractivity contribution in [3.8, 4) is 0 Å². The van der Waals surface area contributed by atoms with Gasteiger partial charge in [-0.3, -0.25) is 9.59 Å². The molecule has 0 amide bonds. The fraction of sp³-hybridized carbons (Fsp3) is 0.333. The van der Waals surface area contributed by atoms with Crippen LogP contribution in [0.25, 0.3) is 0 Å². The number of carbonyl (C=O) groups is 1. The Balaban J connectivity index is 3.11. The first-order valence-electron chi connectivity index (χ1n) is 3.91. The van der Waals surface area contributed by atoms with Crippen molar-refractivity contribution in [1.29, 1.82) is 0 Å². The summed E-state index contributed by atoms with van der Waals surface area (Å²) >= 11 is 0. The third-order valence-corrected chi connectivity index (χ3v) is 2.00. The number of aromatic nitrogens is 1. The number of nitrogens with zero attached hydrogens (tertiary/aromatic N) is 1. The highest BCUT2D eigenvalue weighted by molar-refractivity contribution is 5.75. The zero-order valence-corrected chi connectivity index (χ0v) is 7.52. The van der Waals surface area contributed by atoms with E-state index in [1.54, 1.807) is 26.2 Å². The first-order chi connectivity index (χ1) is 6.02. The Morgan fingerprint density at radius 1 is 1.62 bits per heavy atom. The molecule has 0 radical (unpaired) electrons. The van der Waals surface area contributed by atoms with E-state index in [1.807, 2.05) is 0 Å². The van der Waals surface area contributed by atoms with Crippen LogP contribution < -0.4 is 5.56 Å². The lowest BCUT2D eigenvalue weighted by atomic mass is 10.0. The highest BCUT2D eigenvalue weighted by Crippen LogP contribution is 2.11. The first kappa shape index (κ1) is 9.51. The van der Waals surface area contributed by atoms with Gasteiger partial charge in [0.25, 0.3) is 5.56 Å². The minimum atomic E-state index is -0.923. The molecule has 1 aromatic rings. The SMILES string of the molecule is CC(C(=O)O)c1ccn(C)c(=O)c1. The topological polar surface area (TPSA) is 59.3 Å². The molecule has 0 bridgehead atoms. The Hall–Kier alpha value is -1.58. The quantitative estimate of drug-likeness (QED) is 0.725. The summed E-state index contributed by atoms with van der Waals surface area (Å²) in [6, 6.07) is 2.99. The van der Waals surface area contributed by atoms with Crippen LogP contribution in [0.3, 0.4) is 0 Å². The van der Waals surface area contributed by atoms with E-state index < -0.39 is 11.9 Å². The Kier molecular flexibility index (Phi) is 2.51. The zero-order chi connectivity index (χ0) is 10.0. The Morgan fingerprint density at radius 2 is 2.23 bits per heavy atom. The van der Waals surface area contributed by atoms with Crippen molar-refractivity contribution in [3.05, 3.63) is 34.2 Å². The van der Waals surface area contributed by atoms with Crippen molar-refractivity contribution in [2.24, 2.45) is 7.05 Å². The molecule has 0 aliphatic carbocycles. The van der Waals surface area contributed by atoms with Gasteiger partial charge in [0.2, 0.25) is 0 Å². The van der Waals surface area contributed by atoms with Crippen molar-refractivity contribution < 1.29 is 9.90 Å². The third kappa shape index (κ3) is 1.96. The normalized spacial score (nSPS) is 12.5. The summed E-state index contributed by atoms with van der Waals surface area (Å²) < 4.78 is 1.40. The van der Waals surface area contributed by atoms with Crippen molar-refractivity contribution in [2.75, 3.05) is 0 Å². The van der Waals surface area contributed by atoms with Gasteiger partial charge in [0.05, 0.1) is 5.92 Å². The van der Waals surface area contributed by atoms with E-state index in [2.05, 4.69) is 0 Å². The van der Waals surface area contributed by atoms with E-state index in [1.165, 1.54) is 10.6 Å². The first-order valence-corrected chi connectivity index (χ1v) is 3.91. The number of hydrogen-bond donors (Lipinski definition) is 1. The molecule has 4 heteroatoms. The second-order valence-corrected chi connectivity index (χ2v) is 2.97. The predicted octanol–water partition coefficient (Wildman–Crippen LogP) is 0.573. The Labute approximate surface area is 75.4 Å². The van der Waals surface area contributed by atoms with Gasteiger partial charge < -0.3 is 9.67 Å². The standard InChI is InChI=1S/C9H11NO3/c1-6(9(12)13)7-3-4-10(2)8(11)5-7/h3-6H,1-2H3,(H,12,13). The number of pyridine rings is 1. The van der Waals surface area contributed by atoms with Crippen LogP contribution in [0.5, 0.6) is 0 Å². The molecule has 0 saturated heterocycles. The molecular weight excluding hydrogens is 170 g/mol. The summed E-state index contributed by atoms with van der Waals surface area (Å²) in [5.41, 5.74) is 0.348. The number of aliphatic carboxylic acids is 1. The van der Waals surface area contributed by atoms with E-state index in [9.17, 15) is 9.59 Å².